The highest BCUT2D eigenvalue weighted by molar-refractivity contribution is 6.07. The van der Waals surface area contributed by atoms with Crippen LogP contribution in [-0.4, -0.2) is 35.8 Å². The van der Waals surface area contributed by atoms with Crippen molar-refractivity contribution in [2.75, 3.05) is 0 Å². The zero-order chi connectivity index (χ0) is 25.5. The zero-order valence-corrected chi connectivity index (χ0v) is 21.6. The Balaban J connectivity index is 1.72. The number of ether oxygens (including phenoxy) is 2. The van der Waals surface area contributed by atoms with Crippen molar-refractivity contribution in [3.8, 4) is 0 Å². The van der Waals surface area contributed by atoms with E-state index in [0.29, 0.717) is 29.6 Å². The quantitative estimate of drug-likeness (QED) is 0.326. The molecule has 0 radical (unpaired) electrons. The second-order valence-electron chi connectivity index (χ2n) is 11.8. The van der Waals surface area contributed by atoms with Crippen LogP contribution in [0.4, 0.5) is 0 Å². The van der Waals surface area contributed by atoms with Gasteiger partial charge in [0.1, 0.15) is 0 Å². The summed E-state index contributed by atoms with van der Waals surface area (Å²) in [6.45, 7) is 7.55. The van der Waals surface area contributed by atoms with E-state index in [9.17, 15) is 19.2 Å². The molecule has 4 aliphatic rings. The molecule has 3 saturated carbocycles. The molecule has 0 spiro atoms. The summed E-state index contributed by atoms with van der Waals surface area (Å²) >= 11 is 0. The number of amides is 1. The number of nitrogens with two attached hydrogens (primary N) is 1. The van der Waals surface area contributed by atoms with Crippen LogP contribution in [0.2, 0.25) is 0 Å². The minimum Gasteiger partial charge on any atom is -0.454 e. The van der Waals surface area contributed by atoms with Gasteiger partial charge >= 0.3 is 11.9 Å². The van der Waals surface area contributed by atoms with Gasteiger partial charge in [-0.15, -0.1) is 0 Å². The van der Waals surface area contributed by atoms with Gasteiger partial charge in [0.15, 0.2) is 6.10 Å². The number of esters is 2. The lowest BCUT2D eigenvalue weighted by molar-refractivity contribution is -0.174. The molecule has 0 aromatic carbocycles. The maximum Gasteiger partial charge on any atom is 0.306 e. The van der Waals surface area contributed by atoms with Crippen molar-refractivity contribution in [1.82, 2.24) is 0 Å². The van der Waals surface area contributed by atoms with Crippen LogP contribution in [0, 0.1) is 34.5 Å². The average molecular weight is 488 g/mol. The van der Waals surface area contributed by atoms with Gasteiger partial charge in [0.05, 0.1) is 0 Å². The summed E-state index contributed by atoms with van der Waals surface area (Å²) in [4.78, 5) is 50.1. The molecular weight excluding hydrogens is 446 g/mol. The van der Waals surface area contributed by atoms with Crippen LogP contribution in [0.15, 0.2) is 11.6 Å². The Morgan fingerprint density at radius 2 is 1.80 bits per heavy atom. The van der Waals surface area contributed by atoms with Crippen LogP contribution < -0.4 is 5.73 Å². The lowest BCUT2D eigenvalue weighted by atomic mass is 9.45. The lowest BCUT2D eigenvalue weighted by Gasteiger charge is -2.60. The van der Waals surface area contributed by atoms with Crippen LogP contribution >= 0.6 is 0 Å². The first kappa shape index (κ1) is 25.9. The lowest BCUT2D eigenvalue weighted by Crippen LogP contribution is -2.57. The first-order valence-electron chi connectivity index (χ1n) is 13.4. The van der Waals surface area contributed by atoms with Gasteiger partial charge in [-0.25, -0.2) is 0 Å². The van der Waals surface area contributed by atoms with Crippen molar-refractivity contribution in [2.45, 2.75) is 104 Å². The van der Waals surface area contributed by atoms with Crippen LogP contribution in [0.3, 0.4) is 0 Å². The Morgan fingerprint density at radius 3 is 2.46 bits per heavy atom. The van der Waals surface area contributed by atoms with E-state index >= 15 is 0 Å². The second-order valence-corrected chi connectivity index (χ2v) is 11.8. The molecule has 0 aliphatic heterocycles. The van der Waals surface area contributed by atoms with Gasteiger partial charge in [-0.1, -0.05) is 38.8 Å². The Morgan fingerprint density at radius 1 is 1.06 bits per heavy atom. The van der Waals surface area contributed by atoms with Gasteiger partial charge in [0, 0.05) is 19.3 Å². The maximum atomic E-state index is 13.7. The van der Waals surface area contributed by atoms with E-state index in [1.54, 1.807) is 6.92 Å². The molecule has 7 nitrogen and oxygen atoms in total. The second kappa shape index (κ2) is 9.70. The molecule has 4 aliphatic carbocycles. The SMILES string of the molecule is CCC(=O)OC(C(N)=O)C(=O)C(OC(C)=O)C1CCCC2=CC[C@@H]3[C@@H](CC[C@]4(C)CCC[C@@H]34)[C@]21C. The van der Waals surface area contributed by atoms with Crippen molar-refractivity contribution in [2.24, 2.45) is 40.2 Å². The summed E-state index contributed by atoms with van der Waals surface area (Å²) in [7, 11) is 0. The Bertz CT molecular complexity index is 926. The Hall–Kier alpha value is -2.18. The molecule has 1 amide bonds. The number of allylic oxidation sites excluding steroid dienone is 2. The number of ketones is 1. The summed E-state index contributed by atoms with van der Waals surface area (Å²) < 4.78 is 10.8. The fourth-order valence-electron chi connectivity index (χ4n) is 8.39. The third-order valence-electron chi connectivity index (χ3n) is 10.0. The largest absolute Gasteiger partial charge is 0.454 e. The van der Waals surface area contributed by atoms with Crippen LogP contribution in [-0.2, 0) is 28.7 Å². The molecule has 0 saturated heterocycles. The molecule has 35 heavy (non-hydrogen) atoms. The molecule has 3 fully saturated rings. The predicted molar refractivity (Wildman–Crippen MR) is 130 cm³/mol. The minimum absolute atomic E-state index is 0.00717. The third-order valence-corrected chi connectivity index (χ3v) is 10.0. The van der Waals surface area contributed by atoms with Crippen molar-refractivity contribution >= 4 is 23.6 Å². The standard InChI is InChI=1S/C28H41NO6/c1-5-22(31)35-25(26(29)33)23(32)24(34-16(2)30)21-9-6-8-17-11-12-18-19-10-7-14-27(19,3)15-13-20(18)28(17,21)4/h11,18-21,24-25H,5-10,12-15H2,1-4H3,(H2,29,33)/t18-,19-,20+,21?,24?,25?,27-,28-/m0/s1. The number of carbonyl (C=O) groups excluding carboxylic acids is 4. The van der Waals surface area contributed by atoms with Gasteiger partial charge < -0.3 is 15.2 Å². The molecule has 7 heteroatoms. The van der Waals surface area contributed by atoms with E-state index in [2.05, 4.69) is 19.9 Å². The van der Waals surface area contributed by atoms with Crippen molar-refractivity contribution < 1.29 is 28.7 Å². The highest BCUT2D eigenvalue weighted by Crippen LogP contribution is 2.66. The van der Waals surface area contributed by atoms with E-state index < -0.39 is 35.8 Å². The molecule has 8 atom stereocenters. The first-order chi connectivity index (χ1) is 16.5. The molecule has 0 heterocycles. The fraction of sp³-hybridized carbons (Fsp3) is 0.786. The smallest absolute Gasteiger partial charge is 0.306 e. The predicted octanol–water partition coefficient (Wildman–Crippen LogP) is 4.26. The van der Waals surface area contributed by atoms with E-state index in [1.165, 1.54) is 38.2 Å². The normalized spacial score (nSPS) is 37.5. The van der Waals surface area contributed by atoms with Crippen molar-refractivity contribution in [3.63, 3.8) is 0 Å². The van der Waals surface area contributed by atoms with E-state index in [-0.39, 0.29) is 17.8 Å². The molecule has 0 aromatic rings. The van der Waals surface area contributed by atoms with E-state index in [1.807, 2.05) is 0 Å². The fourth-order valence-corrected chi connectivity index (χ4v) is 8.39. The molecule has 4 rings (SSSR count). The van der Waals surface area contributed by atoms with E-state index in [0.717, 1.165) is 25.7 Å². The van der Waals surface area contributed by atoms with E-state index in [4.69, 9.17) is 15.2 Å². The number of primary amides is 1. The number of Topliss-reactive ketones (excluding diaryl/α,β-unsaturated/α-hetero) is 1. The topological polar surface area (TPSA) is 113 Å². The Kier molecular flexibility index (Phi) is 7.18. The van der Waals surface area contributed by atoms with Crippen molar-refractivity contribution in [1.29, 1.82) is 0 Å². The van der Waals surface area contributed by atoms with Gasteiger partial charge in [0.25, 0.3) is 5.91 Å². The zero-order valence-electron chi connectivity index (χ0n) is 21.6. The molecule has 2 N–H and O–H groups in total. The first-order valence-corrected chi connectivity index (χ1v) is 13.4. The average Bonchev–Trinajstić information content (AvgIpc) is 3.21. The Labute approximate surface area is 208 Å². The highest BCUT2D eigenvalue weighted by Gasteiger charge is 2.60. The summed E-state index contributed by atoms with van der Waals surface area (Å²) in [5.41, 5.74) is 6.91. The molecule has 0 aromatic heterocycles. The molecule has 3 unspecified atom stereocenters. The van der Waals surface area contributed by atoms with Crippen molar-refractivity contribution in [3.05, 3.63) is 11.6 Å². The minimum atomic E-state index is -1.76. The monoisotopic (exact) mass is 487 g/mol. The summed E-state index contributed by atoms with van der Waals surface area (Å²) in [6.07, 6.45) is 9.19. The summed E-state index contributed by atoms with van der Waals surface area (Å²) in [6, 6.07) is 0. The van der Waals surface area contributed by atoms with Gasteiger partial charge in [-0.2, -0.15) is 0 Å². The number of rotatable bonds is 7. The van der Waals surface area contributed by atoms with Gasteiger partial charge in [0.2, 0.25) is 11.9 Å². The molecule has 194 valence electrons. The number of hydrogen-bond acceptors (Lipinski definition) is 6. The van der Waals surface area contributed by atoms with Gasteiger partial charge in [-0.3, -0.25) is 19.2 Å². The number of carbonyl (C=O) groups is 4. The van der Waals surface area contributed by atoms with Crippen LogP contribution in [0.1, 0.15) is 91.9 Å². The number of hydrogen-bond donors (Lipinski definition) is 1. The van der Waals surface area contributed by atoms with Gasteiger partial charge in [-0.05, 0) is 80.0 Å². The van der Waals surface area contributed by atoms with Crippen LogP contribution in [0.25, 0.3) is 0 Å². The molecule has 0 bridgehead atoms. The highest BCUT2D eigenvalue weighted by atomic mass is 16.6. The third kappa shape index (κ3) is 4.44. The summed E-state index contributed by atoms with van der Waals surface area (Å²) in [5.74, 6) is -1.72. The number of fused-ring (bicyclic) bond motifs is 5. The molecular formula is C28H41NO6. The van der Waals surface area contributed by atoms with Crippen LogP contribution in [0.5, 0.6) is 0 Å². The summed E-state index contributed by atoms with van der Waals surface area (Å²) in [5, 5.41) is 0. The maximum absolute atomic E-state index is 13.7.